The molecule has 4 nitrogen and oxygen atoms in total. The van der Waals surface area contributed by atoms with Gasteiger partial charge in [0.1, 0.15) is 11.7 Å². The zero-order valence-electron chi connectivity index (χ0n) is 11.4. The Morgan fingerprint density at radius 3 is 2.21 bits per heavy atom. The molecule has 1 aromatic rings. The number of carbonyl (C=O) groups is 3. The molecule has 0 bridgehead atoms. The van der Waals surface area contributed by atoms with E-state index < -0.39 is 17.8 Å². The maximum Gasteiger partial charge on any atom is 0.317 e. The van der Waals surface area contributed by atoms with Gasteiger partial charge in [-0.2, -0.15) is 0 Å². The summed E-state index contributed by atoms with van der Waals surface area (Å²) in [6.45, 7) is 4.74. The number of ether oxygens (including phenoxy) is 1. The first-order valence-corrected chi connectivity index (χ1v) is 6.25. The molecule has 1 rings (SSSR count). The summed E-state index contributed by atoms with van der Waals surface area (Å²) in [5.74, 6) is -2.97. The minimum atomic E-state index is -1.03. The van der Waals surface area contributed by atoms with Crippen molar-refractivity contribution in [1.29, 1.82) is 0 Å². The fourth-order valence-corrected chi connectivity index (χ4v) is 1.97. The van der Waals surface area contributed by atoms with Gasteiger partial charge in [-0.05, 0) is 13.8 Å². The summed E-state index contributed by atoms with van der Waals surface area (Å²) in [7, 11) is 0. The van der Waals surface area contributed by atoms with Crippen LogP contribution in [0.4, 0.5) is 0 Å². The van der Waals surface area contributed by atoms with Gasteiger partial charge in [0.25, 0.3) is 0 Å². The zero-order valence-corrected chi connectivity index (χ0v) is 11.4. The van der Waals surface area contributed by atoms with Crippen LogP contribution in [0.15, 0.2) is 30.3 Å². The first-order chi connectivity index (χ1) is 8.99. The molecule has 0 aliphatic heterocycles. The minimum absolute atomic E-state index is 0.189. The van der Waals surface area contributed by atoms with Crippen molar-refractivity contribution in [2.75, 3.05) is 6.61 Å². The summed E-state index contributed by atoms with van der Waals surface area (Å²) in [4.78, 5) is 35.6. The topological polar surface area (TPSA) is 60.4 Å². The molecule has 0 saturated carbocycles. The molecule has 0 saturated heterocycles. The molecule has 4 heteroatoms. The molecule has 2 atom stereocenters. The lowest BCUT2D eigenvalue weighted by Crippen LogP contribution is -2.34. The molecule has 0 aromatic heterocycles. The van der Waals surface area contributed by atoms with Crippen molar-refractivity contribution in [2.24, 2.45) is 11.8 Å². The molecule has 1 aromatic carbocycles. The van der Waals surface area contributed by atoms with E-state index in [1.807, 2.05) is 0 Å². The van der Waals surface area contributed by atoms with Crippen molar-refractivity contribution in [3.63, 3.8) is 0 Å². The van der Waals surface area contributed by atoms with Crippen LogP contribution in [0.2, 0.25) is 0 Å². The van der Waals surface area contributed by atoms with Gasteiger partial charge in [0.05, 0.1) is 6.61 Å². The monoisotopic (exact) mass is 262 g/mol. The lowest BCUT2D eigenvalue weighted by molar-refractivity contribution is -0.152. The van der Waals surface area contributed by atoms with E-state index in [4.69, 9.17) is 4.74 Å². The van der Waals surface area contributed by atoms with Gasteiger partial charge in [-0.3, -0.25) is 14.4 Å². The lowest BCUT2D eigenvalue weighted by atomic mass is 9.85. The van der Waals surface area contributed by atoms with Gasteiger partial charge in [0, 0.05) is 11.5 Å². The average Bonchev–Trinajstić information content (AvgIpc) is 2.38. The minimum Gasteiger partial charge on any atom is -0.465 e. The third kappa shape index (κ3) is 3.74. The van der Waals surface area contributed by atoms with Crippen LogP contribution in [0, 0.1) is 11.8 Å². The Bertz CT molecular complexity index is 464. The molecule has 0 aliphatic rings. The van der Waals surface area contributed by atoms with E-state index in [1.54, 1.807) is 44.2 Å². The standard InChI is InChI=1S/C15H18O4/c1-4-19-15(18)13(11(3)16)10(2)14(17)12-8-6-5-7-9-12/h5-10,13H,4H2,1-3H3/t10-,13+/m0/s1. The Morgan fingerprint density at radius 1 is 1.16 bits per heavy atom. The average molecular weight is 262 g/mol. The largest absolute Gasteiger partial charge is 0.465 e. The van der Waals surface area contributed by atoms with E-state index >= 15 is 0 Å². The Hall–Kier alpha value is -1.97. The van der Waals surface area contributed by atoms with Gasteiger partial charge in [-0.15, -0.1) is 0 Å². The lowest BCUT2D eigenvalue weighted by Gasteiger charge is -2.18. The first-order valence-electron chi connectivity index (χ1n) is 6.25. The SMILES string of the molecule is CCOC(=O)[C@@H](C(C)=O)[C@H](C)C(=O)c1ccccc1. The van der Waals surface area contributed by atoms with Crippen molar-refractivity contribution in [3.05, 3.63) is 35.9 Å². The predicted molar refractivity (Wildman–Crippen MR) is 70.7 cm³/mol. The molecule has 0 fully saturated rings. The number of rotatable bonds is 6. The molecule has 0 spiro atoms. The van der Waals surface area contributed by atoms with Crippen LogP contribution >= 0.6 is 0 Å². The van der Waals surface area contributed by atoms with E-state index in [9.17, 15) is 14.4 Å². The Kier molecular flexibility index (Phi) is 5.42. The highest BCUT2D eigenvalue weighted by Crippen LogP contribution is 2.20. The fraction of sp³-hybridized carbons (Fsp3) is 0.400. The van der Waals surface area contributed by atoms with Crippen molar-refractivity contribution in [3.8, 4) is 0 Å². The second-order valence-corrected chi connectivity index (χ2v) is 4.36. The molecule has 0 amide bonds. The molecule has 19 heavy (non-hydrogen) atoms. The Balaban J connectivity index is 2.94. The molecule has 0 radical (unpaired) electrons. The van der Waals surface area contributed by atoms with E-state index in [0.29, 0.717) is 5.56 Å². The summed E-state index contributed by atoms with van der Waals surface area (Å²) in [6, 6.07) is 8.62. The van der Waals surface area contributed by atoms with E-state index in [0.717, 1.165) is 0 Å². The molecule has 0 unspecified atom stereocenters. The van der Waals surface area contributed by atoms with E-state index in [1.165, 1.54) is 6.92 Å². The van der Waals surface area contributed by atoms with Crippen LogP contribution in [0.3, 0.4) is 0 Å². The number of Topliss-reactive ketones (excluding diaryl/α,β-unsaturated/α-hetero) is 2. The molecular formula is C15H18O4. The molecule has 0 N–H and O–H groups in total. The van der Waals surface area contributed by atoms with Crippen LogP contribution in [0.25, 0.3) is 0 Å². The number of carbonyl (C=O) groups excluding carboxylic acids is 3. The number of hydrogen-bond acceptors (Lipinski definition) is 4. The Morgan fingerprint density at radius 2 is 1.74 bits per heavy atom. The quantitative estimate of drug-likeness (QED) is 0.448. The van der Waals surface area contributed by atoms with E-state index in [-0.39, 0.29) is 18.2 Å². The normalized spacial score (nSPS) is 13.4. The number of ketones is 2. The van der Waals surface area contributed by atoms with E-state index in [2.05, 4.69) is 0 Å². The van der Waals surface area contributed by atoms with Gasteiger partial charge in [0.2, 0.25) is 0 Å². The summed E-state index contributed by atoms with van der Waals surface area (Å²) in [6.07, 6.45) is 0. The van der Waals surface area contributed by atoms with Crippen LogP contribution < -0.4 is 0 Å². The molecular weight excluding hydrogens is 244 g/mol. The summed E-state index contributed by atoms with van der Waals surface area (Å²) >= 11 is 0. The summed E-state index contributed by atoms with van der Waals surface area (Å²) in [5, 5.41) is 0. The fourth-order valence-electron chi connectivity index (χ4n) is 1.97. The first kappa shape index (κ1) is 15.1. The van der Waals surface area contributed by atoms with Crippen LogP contribution in [0.5, 0.6) is 0 Å². The summed E-state index contributed by atoms with van der Waals surface area (Å²) in [5.41, 5.74) is 0.491. The summed E-state index contributed by atoms with van der Waals surface area (Å²) < 4.78 is 4.86. The molecule has 0 aliphatic carbocycles. The zero-order chi connectivity index (χ0) is 14.4. The second kappa shape index (κ2) is 6.83. The van der Waals surface area contributed by atoms with Crippen molar-refractivity contribution >= 4 is 17.5 Å². The predicted octanol–water partition coefficient (Wildman–Crippen LogP) is 2.27. The highest BCUT2D eigenvalue weighted by molar-refractivity contribution is 6.06. The van der Waals surface area contributed by atoms with Gasteiger partial charge >= 0.3 is 5.97 Å². The number of benzene rings is 1. The maximum atomic E-state index is 12.2. The number of hydrogen-bond donors (Lipinski definition) is 0. The second-order valence-electron chi connectivity index (χ2n) is 4.36. The highest BCUT2D eigenvalue weighted by atomic mass is 16.5. The molecule has 102 valence electrons. The van der Waals surface area contributed by atoms with Crippen LogP contribution in [0.1, 0.15) is 31.1 Å². The molecule has 0 heterocycles. The number of esters is 1. The Labute approximate surface area is 112 Å². The maximum absolute atomic E-state index is 12.2. The van der Waals surface area contributed by atoms with Gasteiger partial charge in [-0.1, -0.05) is 37.3 Å². The third-order valence-electron chi connectivity index (χ3n) is 2.95. The van der Waals surface area contributed by atoms with Gasteiger partial charge in [-0.25, -0.2) is 0 Å². The highest BCUT2D eigenvalue weighted by Gasteiger charge is 2.35. The van der Waals surface area contributed by atoms with Crippen molar-refractivity contribution in [2.45, 2.75) is 20.8 Å². The van der Waals surface area contributed by atoms with Crippen molar-refractivity contribution < 1.29 is 19.1 Å². The van der Waals surface area contributed by atoms with Crippen molar-refractivity contribution in [1.82, 2.24) is 0 Å². The third-order valence-corrected chi connectivity index (χ3v) is 2.95. The van der Waals surface area contributed by atoms with Crippen LogP contribution in [-0.4, -0.2) is 24.1 Å². The smallest absolute Gasteiger partial charge is 0.317 e. The van der Waals surface area contributed by atoms with Gasteiger partial charge in [0.15, 0.2) is 5.78 Å². The van der Waals surface area contributed by atoms with Crippen LogP contribution in [-0.2, 0) is 14.3 Å². The van der Waals surface area contributed by atoms with Gasteiger partial charge < -0.3 is 4.74 Å².